The van der Waals surface area contributed by atoms with Gasteiger partial charge in [0.15, 0.2) is 0 Å². The molecule has 2 N–H and O–H groups in total. The van der Waals surface area contributed by atoms with Crippen molar-refractivity contribution in [1.29, 1.82) is 0 Å². The van der Waals surface area contributed by atoms with Crippen LogP contribution in [0.5, 0.6) is 0 Å². The van der Waals surface area contributed by atoms with Gasteiger partial charge in [0.25, 0.3) is 0 Å². The Kier molecular flexibility index (Phi) is 4.26. The summed E-state index contributed by atoms with van der Waals surface area (Å²) >= 11 is 0. The van der Waals surface area contributed by atoms with Crippen LogP contribution in [0.1, 0.15) is 24.8 Å². The van der Waals surface area contributed by atoms with Crippen LogP contribution in [0.3, 0.4) is 0 Å². The number of nitrogens with zero attached hydrogens (tertiary/aromatic N) is 1. The third kappa shape index (κ3) is 3.09. The zero-order valence-corrected chi connectivity index (χ0v) is 10.9. The van der Waals surface area contributed by atoms with Crippen molar-refractivity contribution in [3.63, 3.8) is 0 Å². The first-order valence-electron chi connectivity index (χ1n) is 6.45. The molecular weight excluding hydrogens is 256 g/mol. The van der Waals surface area contributed by atoms with Crippen molar-refractivity contribution in [3.8, 4) is 5.92 Å². The Bertz CT molecular complexity index is 545. The molecule has 1 heterocycles. The first-order chi connectivity index (χ1) is 9.61. The second-order valence-corrected chi connectivity index (χ2v) is 4.68. The molecule has 0 spiro atoms. The van der Waals surface area contributed by atoms with Crippen molar-refractivity contribution in [2.75, 3.05) is 11.9 Å². The Hall–Kier alpha value is -2.48. The van der Waals surface area contributed by atoms with E-state index in [-0.39, 0.29) is 0 Å². The number of carboxylic acids is 1. The third-order valence-corrected chi connectivity index (χ3v) is 3.33. The van der Waals surface area contributed by atoms with Crippen LogP contribution in [0, 0.1) is 12.3 Å². The zero-order valence-electron chi connectivity index (χ0n) is 10.9. The molecular formula is C15H15N2O3. The smallest absolute Gasteiger partial charge is 0.326 e. The normalized spacial score (nSPS) is 18.1. The number of piperidine rings is 1. The van der Waals surface area contributed by atoms with E-state index in [9.17, 15) is 9.59 Å². The number of benzene rings is 1. The number of carbonyl (C=O) groups excluding carboxylic acids is 1. The molecule has 103 valence electrons. The van der Waals surface area contributed by atoms with Gasteiger partial charge in [0.1, 0.15) is 6.04 Å². The number of carboxylic acid groups (broad SMARTS) is 1. The van der Waals surface area contributed by atoms with Crippen LogP contribution in [-0.4, -0.2) is 34.6 Å². The fourth-order valence-corrected chi connectivity index (χ4v) is 2.26. The Labute approximate surface area is 117 Å². The van der Waals surface area contributed by atoms with Crippen LogP contribution < -0.4 is 5.32 Å². The summed E-state index contributed by atoms with van der Waals surface area (Å²) in [7, 11) is 0. The SMILES string of the molecule is [C]#Cc1ccc(NC(=O)N2CCCCC2C(=O)O)cc1. The Morgan fingerprint density at radius 3 is 2.60 bits per heavy atom. The van der Waals surface area contributed by atoms with Crippen LogP contribution in [0.4, 0.5) is 10.5 Å². The fraction of sp³-hybridized carbons (Fsp3) is 0.333. The highest BCUT2D eigenvalue weighted by Gasteiger charge is 2.31. The Morgan fingerprint density at radius 1 is 1.30 bits per heavy atom. The van der Waals surface area contributed by atoms with E-state index in [0.29, 0.717) is 24.2 Å². The zero-order chi connectivity index (χ0) is 14.5. The van der Waals surface area contributed by atoms with Gasteiger partial charge < -0.3 is 15.3 Å². The lowest BCUT2D eigenvalue weighted by Gasteiger charge is -2.32. The van der Waals surface area contributed by atoms with Crippen molar-refractivity contribution in [2.24, 2.45) is 0 Å². The van der Waals surface area contributed by atoms with Gasteiger partial charge in [-0.1, -0.05) is 5.92 Å². The van der Waals surface area contributed by atoms with E-state index in [1.807, 2.05) is 0 Å². The van der Waals surface area contributed by atoms with Gasteiger partial charge >= 0.3 is 12.0 Å². The molecule has 1 aromatic rings. The number of amides is 2. The predicted molar refractivity (Wildman–Crippen MR) is 73.7 cm³/mol. The van der Waals surface area contributed by atoms with Gasteiger partial charge in [-0.05, 0) is 50.0 Å². The van der Waals surface area contributed by atoms with Gasteiger partial charge in [-0.25, -0.2) is 9.59 Å². The topological polar surface area (TPSA) is 69.6 Å². The lowest BCUT2D eigenvalue weighted by atomic mass is 10.0. The summed E-state index contributed by atoms with van der Waals surface area (Å²) in [5, 5.41) is 11.8. The van der Waals surface area contributed by atoms with E-state index in [1.54, 1.807) is 24.3 Å². The maximum Gasteiger partial charge on any atom is 0.326 e. The Balaban J connectivity index is 2.06. The minimum atomic E-state index is -0.964. The summed E-state index contributed by atoms with van der Waals surface area (Å²) in [6.07, 6.45) is 9.11. The summed E-state index contributed by atoms with van der Waals surface area (Å²) < 4.78 is 0. The summed E-state index contributed by atoms with van der Waals surface area (Å²) in [6.45, 7) is 0.454. The van der Waals surface area contributed by atoms with Gasteiger partial charge in [-0.15, -0.1) is 0 Å². The highest BCUT2D eigenvalue weighted by atomic mass is 16.4. The van der Waals surface area contributed by atoms with Gasteiger partial charge in [0.2, 0.25) is 0 Å². The number of likely N-dealkylation sites (tertiary alicyclic amines) is 1. The second-order valence-electron chi connectivity index (χ2n) is 4.68. The highest BCUT2D eigenvalue weighted by Crippen LogP contribution is 2.19. The van der Waals surface area contributed by atoms with Crippen molar-refractivity contribution < 1.29 is 14.7 Å². The first kappa shape index (κ1) is 13.9. The average molecular weight is 271 g/mol. The van der Waals surface area contributed by atoms with Gasteiger partial charge in [-0.2, -0.15) is 0 Å². The number of anilines is 1. The second kappa shape index (κ2) is 6.11. The molecule has 1 radical (unpaired) electrons. The van der Waals surface area contributed by atoms with Crippen molar-refractivity contribution in [2.45, 2.75) is 25.3 Å². The summed E-state index contributed by atoms with van der Waals surface area (Å²) in [5.41, 5.74) is 1.19. The van der Waals surface area contributed by atoms with Crippen LogP contribution in [0.2, 0.25) is 0 Å². The molecule has 5 heteroatoms. The minimum absolute atomic E-state index is 0.399. The molecule has 2 rings (SSSR count). The van der Waals surface area contributed by atoms with Crippen LogP contribution in [-0.2, 0) is 4.79 Å². The van der Waals surface area contributed by atoms with Crippen molar-refractivity contribution >= 4 is 17.7 Å². The molecule has 1 aliphatic heterocycles. The van der Waals surface area contributed by atoms with Gasteiger partial charge in [0.05, 0.1) is 0 Å². The molecule has 1 unspecified atom stereocenters. The molecule has 2 amide bonds. The van der Waals surface area contributed by atoms with Crippen molar-refractivity contribution in [3.05, 3.63) is 36.3 Å². The fourth-order valence-electron chi connectivity index (χ4n) is 2.26. The maximum atomic E-state index is 12.1. The highest BCUT2D eigenvalue weighted by molar-refractivity contribution is 5.92. The monoisotopic (exact) mass is 271 g/mol. The lowest BCUT2D eigenvalue weighted by Crippen LogP contribution is -2.49. The average Bonchev–Trinajstić information content (AvgIpc) is 2.48. The maximum absolute atomic E-state index is 12.1. The molecule has 1 saturated heterocycles. The van der Waals surface area contributed by atoms with Crippen LogP contribution >= 0.6 is 0 Å². The first-order valence-corrected chi connectivity index (χ1v) is 6.45. The molecule has 1 aliphatic rings. The molecule has 0 aliphatic carbocycles. The summed E-state index contributed by atoms with van der Waals surface area (Å²) in [6, 6.07) is 5.49. The predicted octanol–water partition coefficient (Wildman–Crippen LogP) is 2.10. The van der Waals surface area contributed by atoms with Crippen LogP contribution in [0.25, 0.3) is 0 Å². The molecule has 1 aromatic carbocycles. The number of carbonyl (C=O) groups is 2. The van der Waals surface area contributed by atoms with Gasteiger partial charge in [-0.3, -0.25) is 0 Å². The van der Waals surface area contributed by atoms with E-state index in [0.717, 1.165) is 12.8 Å². The standard InChI is InChI=1S/C15H15N2O3/c1-2-11-6-8-12(9-7-11)16-15(20)17-10-4-3-5-13(17)14(18)19/h6-9,13H,3-5,10H2,(H,16,20)(H,18,19). The summed E-state index contributed by atoms with van der Waals surface area (Å²) in [5.74, 6) is 1.28. The molecule has 0 bridgehead atoms. The van der Waals surface area contributed by atoms with E-state index >= 15 is 0 Å². The van der Waals surface area contributed by atoms with Crippen LogP contribution in [0.15, 0.2) is 24.3 Å². The molecule has 1 atom stereocenters. The number of nitrogens with one attached hydrogen (secondary N) is 1. The number of hydrogen-bond donors (Lipinski definition) is 2. The molecule has 20 heavy (non-hydrogen) atoms. The number of hydrogen-bond acceptors (Lipinski definition) is 2. The molecule has 0 saturated carbocycles. The van der Waals surface area contributed by atoms with E-state index < -0.39 is 18.0 Å². The summed E-state index contributed by atoms with van der Waals surface area (Å²) in [4.78, 5) is 24.7. The number of rotatable bonds is 2. The van der Waals surface area contributed by atoms with Crippen molar-refractivity contribution in [1.82, 2.24) is 4.90 Å². The molecule has 0 aromatic heterocycles. The third-order valence-electron chi connectivity index (χ3n) is 3.33. The van der Waals surface area contributed by atoms with Gasteiger partial charge in [0, 0.05) is 17.8 Å². The Morgan fingerprint density at radius 2 is 2.00 bits per heavy atom. The lowest BCUT2D eigenvalue weighted by molar-refractivity contribution is -0.143. The van der Waals surface area contributed by atoms with E-state index in [2.05, 4.69) is 11.2 Å². The quantitative estimate of drug-likeness (QED) is 0.809. The van der Waals surface area contributed by atoms with E-state index in [1.165, 1.54) is 4.90 Å². The largest absolute Gasteiger partial charge is 0.480 e. The molecule has 5 nitrogen and oxygen atoms in total. The van der Waals surface area contributed by atoms with E-state index in [4.69, 9.17) is 11.5 Å². The minimum Gasteiger partial charge on any atom is -0.480 e. The molecule has 1 fully saturated rings. The number of aliphatic carboxylic acids is 1. The number of urea groups is 1.